The van der Waals surface area contributed by atoms with Gasteiger partial charge in [0.1, 0.15) is 11.9 Å². The first kappa shape index (κ1) is 10.4. The normalized spacial score (nSPS) is 10.4. The number of hydrogen-bond acceptors (Lipinski definition) is 2. The summed E-state index contributed by atoms with van der Waals surface area (Å²) < 4.78 is 13.4. The van der Waals surface area contributed by atoms with Gasteiger partial charge in [-0.25, -0.2) is 4.39 Å². The average Bonchev–Trinajstić information content (AvgIpc) is 2.21. The molecule has 0 saturated carbocycles. The predicted octanol–water partition coefficient (Wildman–Crippen LogP) is 2.09. The molecule has 0 aromatic heterocycles. The Morgan fingerprint density at radius 3 is 2.93 bits per heavy atom. The largest absolute Gasteiger partial charge is 0.396 e. The summed E-state index contributed by atoms with van der Waals surface area (Å²) in [7, 11) is 0. The van der Waals surface area contributed by atoms with Gasteiger partial charge in [0.2, 0.25) is 0 Å². The Kier molecular flexibility index (Phi) is 3.84. The van der Waals surface area contributed by atoms with Crippen molar-refractivity contribution in [2.24, 2.45) is 0 Å². The van der Waals surface area contributed by atoms with Gasteiger partial charge in [-0.1, -0.05) is 24.3 Å². The van der Waals surface area contributed by atoms with Gasteiger partial charge in [0.05, 0.1) is 5.56 Å². The molecule has 14 heavy (non-hydrogen) atoms. The quantitative estimate of drug-likeness (QED) is 0.795. The van der Waals surface area contributed by atoms with Crippen LogP contribution in [0, 0.1) is 17.1 Å². The third-order valence-corrected chi connectivity index (χ3v) is 1.74. The molecule has 0 fully saturated rings. The zero-order valence-corrected chi connectivity index (χ0v) is 7.57. The minimum Gasteiger partial charge on any atom is -0.396 e. The summed E-state index contributed by atoms with van der Waals surface area (Å²) in [6.45, 7) is 0.0378. The molecular weight excluding hydrogens is 181 g/mol. The van der Waals surface area contributed by atoms with Crippen LogP contribution >= 0.6 is 0 Å². The van der Waals surface area contributed by atoms with Crippen LogP contribution in [-0.4, -0.2) is 11.7 Å². The Labute approximate surface area is 81.9 Å². The van der Waals surface area contributed by atoms with E-state index in [0.29, 0.717) is 12.0 Å². The van der Waals surface area contributed by atoms with E-state index in [-0.39, 0.29) is 12.2 Å². The van der Waals surface area contributed by atoms with Gasteiger partial charge in [0, 0.05) is 12.2 Å². The van der Waals surface area contributed by atoms with E-state index in [2.05, 4.69) is 0 Å². The monoisotopic (exact) mass is 191 g/mol. The predicted molar refractivity (Wildman–Crippen MR) is 51.9 cm³/mol. The highest BCUT2D eigenvalue weighted by Crippen LogP contribution is 2.13. The van der Waals surface area contributed by atoms with Crippen LogP contribution in [0.1, 0.15) is 17.5 Å². The SMILES string of the molecule is N#Cc1cccc(C=CCCO)c1F. The lowest BCUT2D eigenvalue weighted by atomic mass is 10.1. The number of nitriles is 1. The molecule has 1 N–H and O–H groups in total. The molecule has 0 aliphatic heterocycles. The second-order valence-electron chi connectivity index (χ2n) is 2.74. The summed E-state index contributed by atoms with van der Waals surface area (Å²) in [5.74, 6) is -0.510. The summed E-state index contributed by atoms with van der Waals surface area (Å²) in [5, 5.41) is 17.1. The fourth-order valence-corrected chi connectivity index (χ4v) is 1.05. The van der Waals surface area contributed by atoms with E-state index in [9.17, 15) is 4.39 Å². The van der Waals surface area contributed by atoms with Crippen LogP contribution in [0.15, 0.2) is 24.3 Å². The van der Waals surface area contributed by atoms with Crippen LogP contribution < -0.4 is 0 Å². The maximum atomic E-state index is 13.4. The highest BCUT2D eigenvalue weighted by molar-refractivity contribution is 5.53. The minimum atomic E-state index is -0.510. The van der Waals surface area contributed by atoms with Crippen molar-refractivity contribution in [2.75, 3.05) is 6.61 Å². The average molecular weight is 191 g/mol. The lowest BCUT2D eigenvalue weighted by Gasteiger charge is -1.97. The van der Waals surface area contributed by atoms with E-state index in [1.165, 1.54) is 6.07 Å². The molecule has 0 spiro atoms. The van der Waals surface area contributed by atoms with Crippen LogP contribution in [0.4, 0.5) is 4.39 Å². The fourth-order valence-electron chi connectivity index (χ4n) is 1.05. The molecule has 0 radical (unpaired) electrons. The zero-order valence-electron chi connectivity index (χ0n) is 7.57. The Morgan fingerprint density at radius 1 is 1.50 bits per heavy atom. The van der Waals surface area contributed by atoms with E-state index < -0.39 is 5.82 Å². The third kappa shape index (κ3) is 2.41. The van der Waals surface area contributed by atoms with Crippen molar-refractivity contribution in [3.05, 3.63) is 41.2 Å². The second kappa shape index (κ2) is 5.15. The van der Waals surface area contributed by atoms with Gasteiger partial charge >= 0.3 is 0 Å². The molecule has 0 heterocycles. The third-order valence-electron chi connectivity index (χ3n) is 1.74. The van der Waals surface area contributed by atoms with Crippen LogP contribution in [0.5, 0.6) is 0 Å². The molecule has 72 valence electrons. The van der Waals surface area contributed by atoms with Gasteiger partial charge in [-0.2, -0.15) is 5.26 Å². The number of aliphatic hydroxyl groups is 1. The first-order valence-electron chi connectivity index (χ1n) is 4.25. The van der Waals surface area contributed by atoms with E-state index in [4.69, 9.17) is 10.4 Å². The molecule has 1 aromatic carbocycles. The number of nitrogens with zero attached hydrogens (tertiary/aromatic N) is 1. The number of halogens is 1. The standard InChI is InChI=1S/C11H10FNO/c12-11-9(4-1-2-7-14)5-3-6-10(11)8-13/h1,3-6,14H,2,7H2. The topological polar surface area (TPSA) is 44.0 Å². The Morgan fingerprint density at radius 2 is 2.29 bits per heavy atom. The van der Waals surface area contributed by atoms with Crippen molar-refractivity contribution < 1.29 is 9.50 Å². The van der Waals surface area contributed by atoms with Gasteiger partial charge in [-0.15, -0.1) is 0 Å². The lowest BCUT2D eigenvalue weighted by molar-refractivity contribution is 0.303. The number of aliphatic hydroxyl groups excluding tert-OH is 1. The van der Waals surface area contributed by atoms with E-state index in [1.807, 2.05) is 0 Å². The van der Waals surface area contributed by atoms with Crippen molar-refractivity contribution in [1.82, 2.24) is 0 Å². The maximum Gasteiger partial charge on any atom is 0.148 e. The molecule has 3 heteroatoms. The van der Waals surface area contributed by atoms with Gasteiger partial charge in [0.25, 0.3) is 0 Å². The summed E-state index contributed by atoms with van der Waals surface area (Å²) in [5.41, 5.74) is 0.411. The van der Waals surface area contributed by atoms with Crippen LogP contribution in [0.2, 0.25) is 0 Å². The van der Waals surface area contributed by atoms with Crippen molar-refractivity contribution >= 4 is 6.08 Å². The van der Waals surface area contributed by atoms with Gasteiger partial charge in [0.15, 0.2) is 0 Å². The van der Waals surface area contributed by atoms with Crippen molar-refractivity contribution in [3.63, 3.8) is 0 Å². The molecule has 0 aliphatic rings. The first-order chi connectivity index (χ1) is 6.79. The van der Waals surface area contributed by atoms with Crippen molar-refractivity contribution in [3.8, 4) is 6.07 Å². The smallest absolute Gasteiger partial charge is 0.148 e. The molecule has 0 atom stereocenters. The van der Waals surface area contributed by atoms with Crippen LogP contribution in [-0.2, 0) is 0 Å². The molecule has 2 nitrogen and oxygen atoms in total. The van der Waals surface area contributed by atoms with Crippen LogP contribution in [0.25, 0.3) is 6.08 Å². The summed E-state index contributed by atoms with van der Waals surface area (Å²) in [4.78, 5) is 0. The van der Waals surface area contributed by atoms with Crippen molar-refractivity contribution in [1.29, 1.82) is 5.26 Å². The van der Waals surface area contributed by atoms with Crippen LogP contribution in [0.3, 0.4) is 0 Å². The Hall–Kier alpha value is -1.66. The molecule has 0 amide bonds. The maximum absolute atomic E-state index is 13.4. The van der Waals surface area contributed by atoms with E-state index >= 15 is 0 Å². The Bertz CT molecular complexity index is 379. The Balaban J connectivity index is 2.94. The first-order valence-corrected chi connectivity index (χ1v) is 4.25. The zero-order chi connectivity index (χ0) is 10.4. The van der Waals surface area contributed by atoms with Crippen molar-refractivity contribution in [2.45, 2.75) is 6.42 Å². The number of benzene rings is 1. The van der Waals surface area contributed by atoms with E-state index in [1.54, 1.807) is 30.4 Å². The lowest BCUT2D eigenvalue weighted by Crippen LogP contribution is -1.87. The summed E-state index contributed by atoms with van der Waals surface area (Å²) >= 11 is 0. The molecule has 0 aliphatic carbocycles. The molecule has 1 aromatic rings. The fraction of sp³-hybridized carbons (Fsp3) is 0.182. The minimum absolute atomic E-state index is 0.0378. The molecular formula is C11H10FNO. The highest BCUT2D eigenvalue weighted by Gasteiger charge is 2.03. The second-order valence-corrected chi connectivity index (χ2v) is 2.74. The molecule has 0 unspecified atom stereocenters. The summed E-state index contributed by atoms with van der Waals surface area (Å²) in [6, 6.07) is 6.41. The van der Waals surface area contributed by atoms with Gasteiger partial charge in [-0.3, -0.25) is 0 Å². The number of rotatable bonds is 3. The summed E-state index contributed by atoms with van der Waals surface area (Å²) in [6.07, 6.45) is 3.71. The highest BCUT2D eigenvalue weighted by atomic mass is 19.1. The van der Waals surface area contributed by atoms with E-state index in [0.717, 1.165) is 0 Å². The van der Waals surface area contributed by atoms with Gasteiger partial charge in [-0.05, 0) is 12.5 Å². The molecule has 0 saturated heterocycles. The molecule has 1 rings (SSSR count). The molecule has 0 bridgehead atoms. The van der Waals surface area contributed by atoms with Gasteiger partial charge < -0.3 is 5.11 Å². The number of hydrogen-bond donors (Lipinski definition) is 1.